The molecule has 1 aliphatic heterocycles. The minimum atomic E-state index is -3.71. The van der Waals surface area contributed by atoms with Gasteiger partial charge in [-0.25, -0.2) is 8.42 Å². The molecule has 1 saturated heterocycles. The van der Waals surface area contributed by atoms with Gasteiger partial charge >= 0.3 is 0 Å². The van der Waals surface area contributed by atoms with E-state index in [1.807, 2.05) is 60.9 Å². The van der Waals surface area contributed by atoms with Gasteiger partial charge in [0.2, 0.25) is 15.9 Å². The van der Waals surface area contributed by atoms with Crippen molar-refractivity contribution in [2.75, 3.05) is 31.6 Å². The number of rotatable bonds is 8. The molecule has 1 unspecified atom stereocenters. The van der Waals surface area contributed by atoms with Crippen molar-refractivity contribution in [2.45, 2.75) is 43.0 Å². The molecule has 1 fully saturated rings. The lowest BCUT2D eigenvalue weighted by Gasteiger charge is -2.27. The largest absolute Gasteiger partial charge is 0.379 e. The monoisotopic (exact) mass is 591 g/mol. The Morgan fingerprint density at radius 1 is 0.951 bits per heavy atom. The van der Waals surface area contributed by atoms with E-state index in [0.29, 0.717) is 48.5 Å². The van der Waals surface area contributed by atoms with Crippen molar-refractivity contribution < 1.29 is 17.9 Å². The van der Waals surface area contributed by atoms with Crippen LogP contribution >= 0.6 is 11.8 Å². The fourth-order valence-corrected chi connectivity index (χ4v) is 7.11. The van der Waals surface area contributed by atoms with Crippen LogP contribution in [0.3, 0.4) is 0 Å². The fraction of sp³-hybridized carbons (Fsp3) is 0.300. The molecule has 1 N–H and O–H groups in total. The van der Waals surface area contributed by atoms with E-state index in [4.69, 9.17) is 4.74 Å². The highest BCUT2D eigenvalue weighted by Gasteiger charge is 2.28. The number of ether oxygens (including phenoxy) is 1. The smallest absolute Gasteiger partial charge is 0.243 e. The van der Waals surface area contributed by atoms with E-state index in [0.717, 1.165) is 22.4 Å². The number of hydrogen-bond acceptors (Lipinski definition) is 7. The van der Waals surface area contributed by atoms with Gasteiger partial charge in [-0.05, 0) is 63.6 Å². The molecule has 0 radical (unpaired) electrons. The number of nitrogens with one attached hydrogen (secondary N) is 1. The Morgan fingerprint density at radius 2 is 1.68 bits per heavy atom. The molecule has 41 heavy (non-hydrogen) atoms. The number of morpholine rings is 1. The third-order valence-electron chi connectivity index (χ3n) is 6.90. The Labute approximate surface area is 245 Å². The molecule has 9 nitrogen and oxygen atoms in total. The van der Waals surface area contributed by atoms with Crippen LogP contribution in [0.25, 0.3) is 17.1 Å². The van der Waals surface area contributed by atoms with Gasteiger partial charge in [-0.15, -0.1) is 10.2 Å². The molecule has 0 saturated carbocycles. The van der Waals surface area contributed by atoms with Gasteiger partial charge in [0, 0.05) is 30.0 Å². The van der Waals surface area contributed by atoms with Crippen LogP contribution < -0.4 is 5.32 Å². The quantitative estimate of drug-likeness (QED) is 0.288. The lowest BCUT2D eigenvalue weighted by molar-refractivity contribution is -0.115. The Bertz CT molecular complexity index is 1660. The summed E-state index contributed by atoms with van der Waals surface area (Å²) in [7, 11) is -3.71. The second-order valence-corrected chi connectivity index (χ2v) is 13.3. The van der Waals surface area contributed by atoms with Gasteiger partial charge < -0.3 is 10.1 Å². The van der Waals surface area contributed by atoms with Crippen LogP contribution in [0.5, 0.6) is 0 Å². The van der Waals surface area contributed by atoms with E-state index in [-0.39, 0.29) is 10.8 Å². The molecule has 1 aliphatic rings. The lowest BCUT2D eigenvalue weighted by Crippen LogP contribution is -2.40. The first-order valence-electron chi connectivity index (χ1n) is 13.4. The van der Waals surface area contributed by atoms with Crippen LogP contribution in [0.1, 0.15) is 23.6 Å². The highest BCUT2D eigenvalue weighted by atomic mass is 32.2. The summed E-state index contributed by atoms with van der Waals surface area (Å²) in [5, 5.41) is 11.9. The van der Waals surface area contributed by atoms with Crippen molar-refractivity contribution in [3.8, 4) is 17.1 Å². The number of benzene rings is 3. The number of nitrogens with zero attached hydrogens (tertiary/aromatic N) is 4. The maximum Gasteiger partial charge on any atom is 0.243 e. The summed E-state index contributed by atoms with van der Waals surface area (Å²) < 4.78 is 35.3. The van der Waals surface area contributed by atoms with E-state index in [1.54, 1.807) is 26.0 Å². The predicted octanol–water partition coefficient (Wildman–Crippen LogP) is 5.00. The summed E-state index contributed by atoms with van der Waals surface area (Å²) in [4.78, 5) is 13.5. The van der Waals surface area contributed by atoms with Crippen LogP contribution in [-0.4, -0.2) is 64.9 Å². The molecule has 1 aromatic heterocycles. The van der Waals surface area contributed by atoms with Crippen LogP contribution in [0, 0.1) is 20.8 Å². The Kier molecular flexibility index (Phi) is 8.60. The lowest BCUT2D eigenvalue weighted by atomic mass is 10.1. The number of aromatic nitrogens is 3. The number of aryl methyl sites for hydroxylation is 3. The maximum atomic E-state index is 13.3. The average Bonchev–Trinajstić information content (AvgIpc) is 3.38. The summed E-state index contributed by atoms with van der Waals surface area (Å²) in [6.07, 6.45) is 0. The molecule has 3 aromatic carbocycles. The van der Waals surface area contributed by atoms with Crippen molar-refractivity contribution >= 4 is 33.4 Å². The summed E-state index contributed by atoms with van der Waals surface area (Å²) in [6.45, 7) is 8.94. The molecular formula is C30H33N5O4S2. The van der Waals surface area contributed by atoms with E-state index in [2.05, 4.69) is 21.6 Å². The first-order chi connectivity index (χ1) is 19.6. The highest BCUT2D eigenvalue weighted by Crippen LogP contribution is 2.31. The Hall–Kier alpha value is -3.51. The topological polar surface area (TPSA) is 106 Å². The molecular weight excluding hydrogens is 558 g/mol. The first-order valence-corrected chi connectivity index (χ1v) is 15.7. The first kappa shape index (κ1) is 29.0. The normalized spacial score (nSPS) is 15.0. The minimum absolute atomic E-state index is 0.180. The highest BCUT2D eigenvalue weighted by molar-refractivity contribution is 8.00. The van der Waals surface area contributed by atoms with Crippen LogP contribution in [0.4, 0.5) is 5.69 Å². The third kappa shape index (κ3) is 6.38. The molecule has 11 heteroatoms. The van der Waals surface area contributed by atoms with E-state index < -0.39 is 15.3 Å². The van der Waals surface area contributed by atoms with Crippen molar-refractivity contribution in [1.29, 1.82) is 0 Å². The number of amides is 1. The number of carbonyl (C=O) groups is 1. The van der Waals surface area contributed by atoms with Gasteiger partial charge in [0.05, 0.1) is 23.4 Å². The molecule has 4 aromatic rings. The molecule has 0 aliphatic carbocycles. The van der Waals surface area contributed by atoms with Gasteiger partial charge in [-0.3, -0.25) is 9.36 Å². The number of anilines is 1. The average molecular weight is 592 g/mol. The summed E-state index contributed by atoms with van der Waals surface area (Å²) in [6, 6.07) is 21.1. The van der Waals surface area contributed by atoms with Gasteiger partial charge in [0.25, 0.3) is 0 Å². The molecule has 214 valence electrons. The van der Waals surface area contributed by atoms with Gasteiger partial charge in [-0.1, -0.05) is 59.3 Å². The van der Waals surface area contributed by atoms with Crippen molar-refractivity contribution in [1.82, 2.24) is 19.1 Å². The summed E-state index contributed by atoms with van der Waals surface area (Å²) in [5.74, 6) is 0.410. The van der Waals surface area contributed by atoms with E-state index >= 15 is 0 Å². The van der Waals surface area contributed by atoms with Crippen molar-refractivity contribution in [3.05, 3.63) is 83.4 Å². The zero-order valence-corrected chi connectivity index (χ0v) is 25.1. The number of hydrogen-bond donors (Lipinski definition) is 1. The van der Waals surface area contributed by atoms with Crippen molar-refractivity contribution in [3.63, 3.8) is 0 Å². The van der Waals surface area contributed by atoms with Crippen LogP contribution in [-0.2, 0) is 19.6 Å². The minimum Gasteiger partial charge on any atom is -0.379 e. The zero-order valence-electron chi connectivity index (χ0n) is 23.5. The third-order valence-corrected chi connectivity index (χ3v) is 9.98. The number of sulfonamides is 1. The molecule has 1 amide bonds. The van der Waals surface area contributed by atoms with Crippen molar-refractivity contribution in [2.24, 2.45) is 0 Å². The predicted molar refractivity (Wildman–Crippen MR) is 161 cm³/mol. The molecule has 2 heterocycles. The van der Waals surface area contributed by atoms with Crippen LogP contribution in [0.15, 0.2) is 76.8 Å². The zero-order chi connectivity index (χ0) is 29.1. The number of thioether (sulfide) groups is 1. The van der Waals surface area contributed by atoms with E-state index in [9.17, 15) is 13.2 Å². The van der Waals surface area contributed by atoms with Gasteiger partial charge in [0.1, 0.15) is 0 Å². The summed E-state index contributed by atoms with van der Waals surface area (Å²) in [5.41, 5.74) is 5.09. The fourth-order valence-electron chi connectivity index (χ4n) is 4.58. The Morgan fingerprint density at radius 3 is 2.39 bits per heavy atom. The molecule has 1 atom stereocenters. The van der Waals surface area contributed by atoms with Gasteiger partial charge in [0.15, 0.2) is 11.0 Å². The SMILES string of the molecule is Cc1ccc(-n2c(SC(C)C(=O)Nc3ccc(C)c(S(=O)(=O)N4CCOCC4)c3)nnc2-c2cccc(C)c2)cc1. The summed E-state index contributed by atoms with van der Waals surface area (Å²) >= 11 is 1.29. The molecule has 0 spiro atoms. The van der Waals surface area contributed by atoms with E-state index in [1.165, 1.54) is 22.1 Å². The Balaban J connectivity index is 1.39. The second-order valence-electron chi connectivity index (χ2n) is 10.1. The number of carbonyl (C=O) groups excluding carboxylic acids is 1. The molecule has 5 rings (SSSR count). The van der Waals surface area contributed by atoms with Crippen LogP contribution in [0.2, 0.25) is 0 Å². The maximum absolute atomic E-state index is 13.3. The molecule has 0 bridgehead atoms. The van der Waals surface area contributed by atoms with Gasteiger partial charge in [-0.2, -0.15) is 4.31 Å². The second kappa shape index (κ2) is 12.2. The standard InChI is InChI=1S/C30H33N5O4S2/c1-20-8-12-26(13-9-20)35-28(24-7-5-6-21(2)18-24)32-33-30(35)40-23(4)29(36)31-25-11-10-22(3)27(19-25)41(37,38)34-14-16-39-17-15-34/h5-13,18-19,23H,14-17H2,1-4H3,(H,31,36).